The van der Waals surface area contributed by atoms with E-state index in [9.17, 15) is 9.90 Å². The van der Waals surface area contributed by atoms with E-state index in [1.807, 2.05) is 38.1 Å². The van der Waals surface area contributed by atoms with Crippen LogP contribution in [-0.4, -0.2) is 44.6 Å². The van der Waals surface area contributed by atoms with E-state index in [-0.39, 0.29) is 23.2 Å². The molecule has 3 atom stereocenters. The van der Waals surface area contributed by atoms with Crippen LogP contribution in [0, 0.1) is 5.92 Å². The van der Waals surface area contributed by atoms with Gasteiger partial charge in [-0.15, -0.1) is 11.6 Å². The maximum absolute atomic E-state index is 11.3. The molecule has 0 aromatic heterocycles. The standard InChI is InChI=1S/C29H45ClO5Si/c1-21(19-30)17-26(34-20-24-13-15-25(33-7)16-14-24)11-10-12-27(23(3)22(2)18-28(31)32)35-36(8,9)29(4,5)6/h10,12-16,18,23,26-27H,1,11,17,19-20H2,2-9H3,(H,31,32)/b12-10+,22-18-/t23-,26+,27+/m1/s1. The molecule has 5 nitrogen and oxygen atoms in total. The number of aliphatic carboxylic acids is 1. The molecule has 0 bridgehead atoms. The molecule has 0 aliphatic carbocycles. The molecule has 0 fully saturated rings. The van der Waals surface area contributed by atoms with Crippen LogP contribution in [0.3, 0.4) is 0 Å². The highest BCUT2D eigenvalue weighted by Crippen LogP contribution is 2.39. The summed E-state index contributed by atoms with van der Waals surface area (Å²) in [6.07, 6.45) is 6.42. The van der Waals surface area contributed by atoms with E-state index in [4.69, 9.17) is 25.5 Å². The Bertz CT molecular complexity index is 899. The molecule has 1 rings (SSSR count). The second-order valence-corrected chi connectivity index (χ2v) is 15.9. The van der Waals surface area contributed by atoms with Gasteiger partial charge in [0.1, 0.15) is 5.75 Å². The number of hydrogen-bond donors (Lipinski definition) is 1. The summed E-state index contributed by atoms with van der Waals surface area (Å²) in [5, 5.41) is 9.28. The third kappa shape index (κ3) is 11.0. The maximum Gasteiger partial charge on any atom is 0.328 e. The Morgan fingerprint density at radius 3 is 2.33 bits per heavy atom. The highest BCUT2D eigenvalue weighted by Gasteiger charge is 2.39. The molecule has 1 aromatic carbocycles. The molecule has 0 aliphatic rings. The van der Waals surface area contributed by atoms with Crippen LogP contribution in [0.2, 0.25) is 18.1 Å². The second kappa shape index (κ2) is 14.8. The van der Waals surface area contributed by atoms with Crippen LogP contribution in [0.25, 0.3) is 0 Å². The largest absolute Gasteiger partial charge is 0.497 e. The Kier molecular flexibility index (Phi) is 13.2. The Balaban J connectivity index is 3.06. The highest BCUT2D eigenvalue weighted by atomic mass is 35.5. The van der Waals surface area contributed by atoms with E-state index in [1.54, 1.807) is 7.11 Å². The van der Waals surface area contributed by atoms with Gasteiger partial charge in [-0.3, -0.25) is 0 Å². The van der Waals surface area contributed by atoms with Crippen molar-refractivity contribution in [3.05, 3.63) is 65.8 Å². The monoisotopic (exact) mass is 536 g/mol. The lowest BCUT2D eigenvalue weighted by atomic mass is 9.95. The molecule has 202 valence electrons. The van der Waals surface area contributed by atoms with Crippen molar-refractivity contribution in [1.29, 1.82) is 0 Å². The number of rotatable bonds is 15. The number of alkyl halides is 1. The SMILES string of the molecule is C=C(CCl)C[C@H](C/C=C/[C@H](O[Si](C)(C)C(C)(C)C)[C@H](C)/C(C)=C\C(=O)O)OCc1ccc(OC)cc1. The maximum atomic E-state index is 11.3. The van der Waals surface area contributed by atoms with E-state index in [2.05, 4.69) is 52.6 Å². The highest BCUT2D eigenvalue weighted by molar-refractivity contribution is 6.74. The molecule has 1 aromatic rings. The van der Waals surface area contributed by atoms with Crippen molar-refractivity contribution in [2.45, 2.75) is 84.4 Å². The van der Waals surface area contributed by atoms with Gasteiger partial charge < -0.3 is 19.0 Å². The number of halogens is 1. The van der Waals surface area contributed by atoms with Crippen LogP contribution in [0.1, 0.15) is 53.0 Å². The fourth-order valence-corrected chi connectivity index (χ4v) is 4.72. The average molecular weight is 537 g/mol. The minimum Gasteiger partial charge on any atom is -0.497 e. The molecule has 0 heterocycles. The summed E-state index contributed by atoms with van der Waals surface area (Å²) in [5.74, 6) is 0.172. The van der Waals surface area contributed by atoms with Gasteiger partial charge in [-0.05, 0) is 55.6 Å². The van der Waals surface area contributed by atoms with Crippen molar-refractivity contribution >= 4 is 25.9 Å². The van der Waals surface area contributed by atoms with Crippen LogP contribution in [0.4, 0.5) is 0 Å². The van der Waals surface area contributed by atoms with Gasteiger partial charge >= 0.3 is 5.97 Å². The van der Waals surface area contributed by atoms with Gasteiger partial charge in [0.05, 0.1) is 25.9 Å². The van der Waals surface area contributed by atoms with Crippen molar-refractivity contribution in [2.24, 2.45) is 5.92 Å². The van der Waals surface area contributed by atoms with Gasteiger partial charge in [0, 0.05) is 17.9 Å². The summed E-state index contributed by atoms with van der Waals surface area (Å²) >= 11 is 6.01. The van der Waals surface area contributed by atoms with Gasteiger partial charge in [-0.2, -0.15) is 0 Å². The van der Waals surface area contributed by atoms with Crippen LogP contribution >= 0.6 is 11.6 Å². The number of hydrogen-bond acceptors (Lipinski definition) is 4. The van der Waals surface area contributed by atoms with Gasteiger partial charge in [0.15, 0.2) is 8.32 Å². The Morgan fingerprint density at radius 2 is 1.83 bits per heavy atom. The average Bonchev–Trinajstić information content (AvgIpc) is 2.80. The number of carboxylic acid groups (broad SMARTS) is 1. The fraction of sp³-hybridized carbons (Fsp3) is 0.552. The van der Waals surface area contributed by atoms with Gasteiger partial charge in [-0.1, -0.05) is 69.7 Å². The molecule has 0 saturated heterocycles. The summed E-state index contributed by atoms with van der Waals surface area (Å²) < 4.78 is 18.2. The van der Waals surface area contributed by atoms with Gasteiger partial charge in [0.25, 0.3) is 0 Å². The van der Waals surface area contributed by atoms with Crippen molar-refractivity contribution in [3.63, 3.8) is 0 Å². The van der Waals surface area contributed by atoms with E-state index in [0.717, 1.165) is 22.5 Å². The molecule has 36 heavy (non-hydrogen) atoms. The zero-order chi connectivity index (χ0) is 27.5. The number of carbonyl (C=O) groups is 1. The number of benzene rings is 1. The molecular formula is C29H45ClO5Si. The molecule has 0 radical (unpaired) electrons. The Hall–Kier alpha value is -1.86. The van der Waals surface area contributed by atoms with Crippen LogP contribution in [-0.2, 0) is 20.6 Å². The summed E-state index contributed by atoms with van der Waals surface area (Å²) in [6.45, 7) is 19.4. The molecule has 0 saturated carbocycles. The summed E-state index contributed by atoms with van der Waals surface area (Å²) in [7, 11) is -0.446. The van der Waals surface area contributed by atoms with Crippen LogP contribution in [0.5, 0.6) is 5.75 Å². The van der Waals surface area contributed by atoms with Crippen molar-refractivity contribution in [1.82, 2.24) is 0 Å². The van der Waals surface area contributed by atoms with E-state index in [0.29, 0.717) is 25.3 Å². The Morgan fingerprint density at radius 1 is 1.22 bits per heavy atom. The normalized spacial score (nSPS) is 15.5. The number of carboxylic acids is 1. The summed E-state index contributed by atoms with van der Waals surface area (Å²) in [4.78, 5) is 11.3. The van der Waals surface area contributed by atoms with Crippen LogP contribution < -0.4 is 4.74 Å². The van der Waals surface area contributed by atoms with Crippen molar-refractivity contribution in [2.75, 3.05) is 13.0 Å². The first kappa shape index (κ1) is 32.2. The Labute approximate surface area is 224 Å². The fourth-order valence-electron chi connectivity index (χ4n) is 3.30. The van der Waals surface area contributed by atoms with E-state index < -0.39 is 14.3 Å². The molecule has 7 heteroatoms. The van der Waals surface area contributed by atoms with Gasteiger partial charge in [-0.25, -0.2) is 4.79 Å². The smallest absolute Gasteiger partial charge is 0.328 e. The lowest BCUT2D eigenvalue weighted by Crippen LogP contribution is -2.45. The summed E-state index contributed by atoms with van der Waals surface area (Å²) in [6, 6.07) is 7.82. The number of methoxy groups -OCH3 is 1. The quantitative estimate of drug-likeness (QED) is 0.107. The third-order valence-corrected chi connectivity index (χ3v) is 11.7. The molecule has 1 N–H and O–H groups in total. The van der Waals surface area contributed by atoms with Crippen LogP contribution in [0.15, 0.2) is 60.2 Å². The molecular weight excluding hydrogens is 492 g/mol. The minimum absolute atomic E-state index is 0.0331. The summed E-state index contributed by atoms with van der Waals surface area (Å²) in [5.41, 5.74) is 2.76. The van der Waals surface area contributed by atoms with E-state index >= 15 is 0 Å². The third-order valence-electron chi connectivity index (χ3n) is 6.87. The predicted molar refractivity (Wildman–Crippen MR) is 152 cm³/mol. The van der Waals surface area contributed by atoms with Crippen molar-refractivity contribution in [3.8, 4) is 5.75 Å². The molecule has 0 amide bonds. The predicted octanol–water partition coefficient (Wildman–Crippen LogP) is 7.77. The first-order valence-electron chi connectivity index (χ1n) is 12.4. The zero-order valence-corrected chi connectivity index (χ0v) is 25.0. The topological polar surface area (TPSA) is 65.0 Å². The lowest BCUT2D eigenvalue weighted by molar-refractivity contribution is -0.131. The van der Waals surface area contributed by atoms with E-state index in [1.165, 1.54) is 6.08 Å². The van der Waals surface area contributed by atoms with Crippen molar-refractivity contribution < 1.29 is 23.8 Å². The first-order chi connectivity index (χ1) is 16.7. The zero-order valence-electron chi connectivity index (χ0n) is 23.3. The molecule has 0 unspecified atom stereocenters. The first-order valence-corrected chi connectivity index (χ1v) is 15.9. The molecule has 0 aliphatic heterocycles. The molecule has 0 spiro atoms. The van der Waals surface area contributed by atoms with Gasteiger partial charge in [0.2, 0.25) is 0 Å². The second-order valence-electron chi connectivity index (χ2n) is 10.9. The minimum atomic E-state index is -2.09. The lowest BCUT2D eigenvalue weighted by Gasteiger charge is -2.40. The number of ether oxygens (including phenoxy) is 2.